The van der Waals surface area contributed by atoms with Gasteiger partial charge in [-0.15, -0.1) is 0 Å². The normalized spacial score (nSPS) is 11.8. The first-order valence-corrected chi connectivity index (χ1v) is 7.80. The van der Waals surface area contributed by atoms with Crippen molar-refractivity contribution in [3.63, 3.8) is 0 Å². The van der Waals surface area contributed by atoms with Crippen molar-refractivity contribution in [1.82, 2.24) is 15.1 Å². The van der Waals surface area contributed by atoms with Gasteiger partial charge in [-0.2, -0.15) is 5.10 Å². The van der Waals surface area contributed by atoms with Crippen LogP contribution in [-0.4, -0.2) is 32.8 Å². The van der Waals surface area contributed by atoms with Gasteiger partial charge in [-0.25, -0.2) is 4.79 Å². The molecule has 0 spiro atoms. The van der Waals surface area contributed by atoms with Gasteiger partial charge in [-0.3, -0.25) is 9.48 Å². The lowest BCUT2D eigenvalue weighted by Crippen LogP contribution is -2.40. The summed E-state index contributed by atoms with van der Waals surface area (Å²) in [5, 5.41) is 15.8. The number of para-hydroxylation sites is 1. The maximum atomic E-state index is 12.5. The Labute approximate surface area is 140 Å². The molecule has 1 aromatic carbocycles. The predicted octanol–water partition coefficient (Wildman–Crippen LogP) is 2.59. The number of hydrogen-bond acceptors (Lipinski definition) is 4. The van der Waals surface area contributed by atoms with Crippen LogP contribution in [0.25, 0.3) is 0 Å². The zero-order chi connectivity index (χ0) is 17.5. The van der Waals surface area contributed by atoms with Gasteiger partial charge in [-0.05, 0) is 18.6 Å². The number of nitrogens with one attached hydrogen (secondary N) is 1. The molecule has 0 aliphatic carbocycles. The lowest BCUT2D eigenvalue weighted by atomic mass is 10.1. The Bertz CT molecular complexity index is 711. The molecule has 128 valence electrons. The third-order valence-corrected chi connectivity index (χ3v) is 3.49. The van der Waals surface area contributed by atoms with E-state index >= 15 is 0 Å². The SMILES string of the molecule is CCCCC(NC(=O)c1ccccc1Oc1cnn(C)c1)C(=O)O. The minimum absolute atomic E-state index is 0.282. The summed E-state index contributed by atoms with van der Waals surface area (Å²) >= 11 is 0. The molecule has 0 saturated heterocycles. The number of amides is 1. The van der Waals surface area contributed by atoms with Crippen molar-refractivity contribution < 1.29 is 19.4 Å². The maximum absolute atomic E-state index is 12.5. The molecule has 2 aromatic rings. The second-order valence-corrected chi connectivity index (χ2v) is 5.45. The highest BCUT2D eigenvalue weighted by atomic mass is 16.5. The van der Waals surface area contributed by atoms with Crippen molar-refractivity contribution in [1.29, 1.82) is 0 Å². The van der Waals surface area contributed by atoms with Crippen molar-refractivity contribution in [2.45, 2.75) is 32.2 Å². The summed E-state index contributed by atoms with van der Waals surface area (Å²) in [5.41, 5.74) is 0.282. The molecule has 1 unspecified atom stereocenters. The Morgan fingerprint density at radius 2 is 2.12 bits per heavy atom. The van der Waals surface area contributed by atoms with Gasteiger partial charge in [0.1, 0.15) is 11.8 Å². The minimum Gasteiger partial charge on any atom is -0.480 e. The number of carbonyl (C=O) groups excluding carboxylic acids is 1. The topological polar surface area (TPSA) is 93.5 Å². The van der Waals surface area contributed by atoms with Crippen molar-refractivity contribution in [2.24, 2.45) is 7.05 Å². The predicted molar refractivity (Wildman–Crippen MR) is 88.1 cm³/mol. The first-order valence-electron chi connectivity index (χ1n) is 7.80. The van der Waals surface area contributed by atoms with Crippen LogP contribution in [-0.2, 0) is 11.8 Å². The quantitative estimate of drug-likeness (QED) is 0.775. The number of nitrogens with zero attached hydrogens (tertiary/aromatic N) is 2. The fraction of sp³-hybridized carbons (Fsp3) is 0.353. The highest BCUT2D eigenvalue weighted by Gasteiger charge is 2.22. The maximum Gasteiger partial charge on any atom is 0.326 e. The van der Waals surface area contributed by atoms with Gasteiger partial charge in [0.25, 0.3) is 5.91 Å². The van der Waals surface area contributed by atoms with E-state index < -0.39 is 17.9 Å². The largest absolute Gasteiger partial charge is 0.480 e. The molecule has 1 aromatic heterocycles. The van der Waals surface area contributed by atoms with E-state index in [0.29, 0.717) is 17.9 Å². The first kappa shape index (κ1) is 17.5. The van der Waals surface area contributed by atoms with Crippen molar-refractivity contribution in [3.05, 3.63) is 42.2 Å². The van der Waals surface area contributed by atoms with Crippen LogP contribution in [0, 0.1) is 0 Å². The molecule has 7 heteroatoms. The first-order chi connectivity index (χ1) is 11.5. The molecule has 7 nitrogen and oxygen atoms in total. The summed E-state index contributed by atoms with van der Waals surface area (Å²) in [4.78, 5) is 23.8. The van der Waals surface area contributed by atoms with E-state index in [2.05, 4.69) is 10.4 Å². The van der Waals surface area contributed by atoms with E-state index in [1.165, 1.54) is 6.20 Å². The van der Waals surface area contributed by atoms with Crippen LogP contribution < -0.4 is 10.1 Å². The Hall–Kier alpha value is -2.83. The number of carboxylic acids is 1. The molecular weight excluding hydrogens is 310 g/mol. The molecule has 2 N–H and O–H groups in total. The zero-order valence-corrected chi connectivity index (χ0v) is 13.7. The van der Waals surface area contributed by atoms with Crippen LogP contribution in [0.5, 0.6) is 11.5 Å². The summed E-state index contributed by atoms with van der Waals surface area (Å²) < 4.78 is 7.27. The van der Waals surface area contributed by atoms with Crippen LogP contribution in [0.1, 0.15) is 36.5 Å². The number of benzene rings is 1. The molecule has 0 bridgehead atoms. The van der Waals surface area contributed by atoms with E-state index in [4.69, 9.17) is 4.74 Å². The average molecular weight is 331 g/mol. The molecule has 0 fully saturated rings. The molecule has 0 radical (unpaired) electrons. The van der Waals surface area contributed by atoms with Crippen molar-refractivity contribution in [2.75, 3.05) is 0 Å². The third kappa shape index (κ3) is 4.58. The number of aliphatic carboxylic acids is 1. The van der Waals surface area contributed by atoms with E-state index in [9.17, 15) is 14.7 Å². The van der Waals surface area contributed by atoms with E-state index in [0.717, 1.165) is 12.8 Å². The van der Waals surface area contributed by atoms with Crippen molar-refractivity contribution in [3.8, 4) is 11.5 Å². The van der Waals surface area contributed by atoms with Gasteiger partial charge in [0.05, 0.1) is 18.0 Å². The number of rotatable bonds is 8. The van der Waals surface area contributed by atoms with Crippen molar-refractivity contribution >= 4 is 11.9 Å². The highest BCUT2D eigenvalue weighted by Crippen LogP contribution is 2.24. The molecular formula is C17H21N3O4. The van der Waals surface area contributed by atoms with Crippen LogP contribution in [0.3, 0.4) is 0 Å². The smallest absolute Gasteiger partial charge is 0.326 e. The summed E-state index contributed by atoms with van der Waals surface area (Å²) in [6.07, 6.45) is 5.20. The summed E-state index contributed by atoms with van der Waals surface area (Å²) in [5.74, 6) is -0.665. The highest BCUT2D eigenvalue weighted by molar-refractivity contribution is 5.99. The lowest BCUT2D eigenvalue weighted by molar-refractivity contribution is -0.139. The molecule has 2 rings (SSSR count). The fourth-order valence-electron chi connectivity index (χ4n) is 2.22. The summed E-state index contributed by atoms with van der Waals surface area (Å²) in [6, 6.07) is 5.79. The van der Waals surface area contributed by atoms with Gasteiger partial charge < -0.3 is 15.2 Å². The third-order valence-electron chi connectivity index (χ3n) is 3.49. The van der Waals surface area contributed by atoms with E-state index in [1.54, 1.807) is 42.2 Å². The van der Waals surface area contributed by atoms with Gasteiger partial charge in [-0.1, -0.05) is 31.9 Å². The monoisotopic (exact) mass is 331 g/mol. The number of carboxylic acid groups (broad SMARTS) is 1. The number of hydrogen-bond donors (Lipinski definition) is 2. The van der Waals surface area contributed by atoms with Crippen LogP contribution >= 0.6 is 0 Å². The Kier molecular flexibility index (Phi) is 5.95. The summed E-state index contributed by atoms with van der Waals surface area (Å²) in [7, 11) is 1.76. The molecule has 0 aliphatic rings. The Morgan fingerprint density at radius 1 is 1.38 bits per heavy atom. The Balaban J connectivity index is 2.15. The van der Waals surface area contributed by atoms with E-state index in [1.807, 2.05) is 6.92 Å². The summed E-state index contributed by atoms with van der Waals surface area (Å²) in [6.45, 7) is 1.97. The molecule has 0 saturated carbocycles. The Morgan fingerprint density at radius 3 is 2.75 bits per heavy atom. The standard InChI is InChI=1S/C17H21N3O4/c1-3-4-8-14(17(22)23)19-16(21)13-7-5-6-9-15(13)24-12-10-18-20(2)11-12/h5-7,9-11,14H,3-4,8H2,1-2H3,(H,19,21)(H,22,23). The molecule has 24 heavy (non-hydrogen) atoms. The second kappa shape index (κ2) is 8.14. The molecule has 0 aliphatic heterocycles. The van der Waals surface area contributed by atoms with Gasteiger partial charge >= 0.3 is 5.97 Å². The fourth-order valence-corrected chi connectivity index (χ4v) is 2.22. The van der Waals surface area contributed by atoms with Gasteiger partial charge in [0.2, 0.25) is 0 Å². The number of unbranched alkanes of at least 4 members (excludes halogenated alkanes) is 1. The van der Waals surface area contributed by atoms with Crippen LogP contribution in [0.4, 0.5) is 0 Å². The lowest BCUT2D eigenvalue weighted by Gasteiger charge is -2.15. The van der Waals surface area contributed by atoms with Crippen LogP contribution in [0.15, 0.2) is 36.7 Å². The molecule has 1 atom stereocenters. The average Bonchev–Trinajstić information content (AvgIpc) is 2.96. The number of ether oxygens (including phenoxy) is 1. The minimum atomic E-state index is -1.04. The van der Waals surface area contributed by atoms with E-state index in [-0.39, 0.29) is 5.56 Å². The zero-order valence-electron chi connectivity index (χ0n) is 13.7. The second-order valence-electron chi connectivity index (χ2n) is 5.45. The number of aromatic nitrogens is 2. The molecule has 1 heterocycles. The van der Waals surface area contributed by atoms with Gasteiger partial charge in [0, 0.05) is 7.05 Å². The van der Waals surface area contributed by atoms with Gasteiger partial charge in [0.15, 0.2) is 5.75 Å². The molecule has 1 amide bonds. The van der Waals surface area contributed by atoms with Crippen LogP contribution in [0.2, 0.25) is 0 Å². The number of aryl methyl sites for hydroxylation is 1. The number of carbonyl (C=O) groups is 2.